The summed E-state index contributed by atoms with van der Waals surface area (Å²) in [6.45, 7) is 0. The molecule has 1 fully saturated rings. The number of halogens is 1. The number of hydrogen-bond donors (Lipinski definition) is 0. The van der Waals surface area contributed by atoms with Crippen LogP contribution in [-0.4, -0.2) is 6.29 Å². The number of aldehydes is 1. The van der Waals surface area contributed by atoms with Gasteiger partial charge in [-0.3, -0.25) is 4.79 Å². The van der Waals surface area contributed by atoms with Crippen molar-refractivity contribution in [2.45, 2.75) is 12.8 Å². The van der Waals surface area contributed by atoms with Crippen molar-refractivity contribution in [3.05, 3.63) is 39.9 Å². The average Bonchev–Trinajstić information content (AvgIpc) is 3.01. The molecule has 0 unspecified atom stereocenters. The largest absolute Gasteiger partial charge is 0.298 e. The SMILES string of the molecule is O=C/C(=C\c1ccc(Br)cc1)C1CC1. The fraction of sp³-hybridized carbons (Fsp3) is 0.250. The topological polar surface area (TPSA) is 17.1 Å². The van der Waals surface area contributed by atoms with E-state index in [2.05, 4.69) is 15.9 Å². The second kappa shape index (κ2) is 4.09. The lowest BCUT2D eigenvalue weighted by Gasteiger charge is -1.97. The molecule has 0 bridgehead atoms. The Morgan fingerprint density at radius 1 is 1.29 bits per heavy atom. The van der Waals surface area contributed by atoms with E-state index in [9.17, 15) is 4.79 Å². The maximum absolute atomic E-state index is 10.8. The first-order valence-electron chi connectivity index (χ1n) is 4.72. The van der Waals surface area contributed by atoms with Gasteiger partial charge in [-0.2, -0.15) is 0 Å². The molecular formula is C12H11BrO. The third-order valence-corrected chi connectivity index (χ3v) is 2.92. The Labute approximate surface area is 92.0 Å². The molecule has 2 heteroatoms. The van der Waals surface area contributed by atoms with Gasteiger partial charge >= 0.3 is 0 Å². The molecular weight excluding hydrogens is 240 g/mol. The maximum Gasteiger partial charge on any atom is 0.146 e. The molecule has 1 nitrogen and oxygen atoms in total. The first kappa shape index (κ1) is 9.66. The molecule has 0 N–H and O–H groups in total. The zero-order valence-electron chi connectivity index (χ0n) is 7.74. The summed E-state index contributed by atoms with van der Waals surface area (Å²) in [5.74, 6) is 0.524. The Bertz CT molecular complexity index is 360. The van der Waals surface area contributed by atoms with Crippen LogP contribution in [0.5, 0.6) is 0 Å². The van der Waals surface area contributed by atoms with Gasteiger partial charge in [-0.15, -0.1) is 0 Å². The van der Waals surface area contributed by atoms with Crippen molar-refractivity contribution in [1.29, 1.82) is 0 Å². The zero-order valence-corrected chi connectivity index (χ0v) is 9.33. The normalized spacial score (nSPS) is 16.8. The molecule has 1 aliphatic carbocycles. The third-order valence-electron chi connectivity index (χ3n) is 2.39. The highest BCUT2D eigenvalue weighted by molar-refractivity contribution is 9.10. The van der Waals surface area contributed by atoms with Crippen LogP contribution in [0.1, 0.15) is 18.4 Å². The van der Waals surface area contributed by atoms with Gasteiger partial charge in [0.2, 0.25) is 0 Å². The summed E-state index contributed by atoms with van der Waals surface area (Å²) in [6.07, 6.45) is 5.30. The Morgan fingerprint density at radius 2 is 1.93 bits per heavy atom. The molecule has 1 aliphatic rings. The lowest BCUT2D eigenvalue weighted by atomic mass is 10.1. The molecule has 1 saturated carbocycles. The van der Waals surface area contributed by atoms with Crippen LogP contribution in [0.2, 0.25) is 0 Å². The minimum atomic E-state index is 0.524. The summed E-state index contributed by atoms with van der Waals surface area (Å²) in [4.78, 5) is 10.8. The Balaban J connectivity index is 2.21. The highest BCUT2D eigenvalue weighted by Gasteiger charge is 2.25. The predicted molar refractivity (Wildman–Crippen MR) is 60.9 cm³/mol. The molecule has 0 spiro atoms. The summed E-state index contributed by atoms with van der Waals surface area (Å²) in [5, 5.41) is 0. The Kier molecular flexibility index (Phi) is 2.82. The number of benzene rings is 1. The van der Waals surface area contributed by atoms with Crippen molar-refractivity contribution < 1.29 is 4.79 Å². The molecule has 0 saturated heterocycles. The molecule has 1 aromatic carbocycles. The van der Waals surface area contributed by atoms with E-state index >= 15 is 0 Å². The average molecular weight is 251 g/mol. The van der Waals surface area contributed by atoms with Crippen LogP contribution in [0.15, 0.2) is 34.3 Å². The molecule has 0 amide bonds. The fourth-order valence-corrected chi connectivity index (χ4v) is 1.68. The van der Waals surface area contributed by atoms with E-state index in [1.807, 2.05) is 30.3 Å². The minimum Gasteiger partial charge on any atom is -0.298 e. The van der Waals surface area contributed by atoms with Gasteiger partial charge in [-0.25, -0.2) is 0 Å². The van der Waals surface area contributed by atoms with E-state index in [0.29, 0.717) is 5.92 Å². The molecule has 0 aliphatic heterocycles. The van der Waals surface area contributed by atoms with Gasteiger partial charge in [-0.05, 0) is 48.1 Å². The standard InChI is InChI=1S/C12H11BrO/c13-12-5-1-9(2-6-12)7-11(8-14)10-3-4-10/h1-2,5-8,10H,3-4H2/b11-7+. The second-order valence-electron chi connectivity index (χ2n) is 3.59. The third kappa shape index (κ3) is 2.32. The van der Waals surface area contributed by atoms with E-state index < -0.39 is 0 Å². The number of carbonyl (C=O) groups excluding carboxylic acids is 1. The van der Waals surface area contributed by atoms with Crippen LogP contribution in [-0.2, 0) is 4.79 Å². The van der Waals surface area contributed by atoms with Gasteiger partial charge < -0.3 is 0 Å². The van der Waals surface area contributed by atoms with Crippen molar-refractivity contribution in [1.82, 2.24) is 0 Å². The Hall–Kier alpha value is -0.890. The van der Waals surface area contributed by atoms with Crippen LogP contribution < -0.4 is 0 Å². The van der Waals surface area contributed by atoms with Crippen molar-refractivity contribution in [2.24, 2.45) is 5.92 Å². The van der Waals surface area contributed by atoms with Crippen LogP contribution >= 0.6 is 15.9 Å². The number of carbonyl (C=O) groups is 1. The zero-order chi connectivity index (χ0) is 9.97. The maximum atomic E-state index is 10.8. The van der Waals surface area contributed by atoms with Crippen LogP contribution in [0.3, 0.4) is 0 Å². The highest BCUT2D eigenvalue weighted by Crippen LogP contribution is 2.36. The van der Waals surface area contributed by atoms with Crippen molar-refractivity contribution in [3.8, 4) is 0 Å². The molecule has 0 radical (unpaired) electrons. The summed E-state index contributed by atoms with van der Waals surface area (Å²) >= 11 is 3.38. The van der Waals surface area contributed by atoms with Gasteiger partial charge in [0.1, 0.15) is 6.29 Å². The van der Waals surface area contributed by atoms with Gasteiger partial charge in [0.05, 0.1) is 0 Å². The Morgan fingerprint density at radius 3 is 2.43 bits per heavy atom. The quantitative estimate of drug-likeness (QED) is 0.594. The van der Waals surface area contributed by atoms with Crippen molar-refractivity contribution in [3.63, 3.8) is 0 Å². The van der Waals surface area contributed by atoms with E-state index in [1.165, 1.54) is 12.8 Å². The van der Waals surface area contributed by atoms with E-state index in [-0.39, 0.29) is 0 Å². The molecule has 0 atom stereocenters. The molecule has 0 aromatic heterocycles. The van der Waals surface area contributed by atoms with Crippen LogP contribution in [0.25, 0.3) is 6.08 Å². The first-order chi connectivity index (χ1) is 6.79. The van der Waals surface area contributed by atoms with Gasteiger partial charge in [0, 0.05) is 4.47 Å². The summed E-state index contributed by atoms with van der Waals surface area (Å²) in [7, 11) is 0. The molecule has 1 aromatic rings. The number of allylic oxidation sites excluding steroid dienone is 1. The monoisotopic (exact) mass is 250 g/mol. The van der Waals surface area contributed by atoms with Crippen LogP contribution in [0, 0.1) is 5.92 Å². The minimum absolute atomic E-state index is 0.524. The number of rotatable bonds is 3. The molecule has 2 rings (SSSR count). The van der Waals surface area contributed by atoms with Gasteiger partial charge in [0.15, 0.2) is 0 Å². The van der Waals surface area contributed by atoms with E-state index in [4.69, 9.17) is 0 Å². The molecule has 14 heavy (non-hydrogen) atoms. The van der Waals surface area contributed by atoms with E-state index in [0.717, 1.165) is 21.9 Å². The van der Waals surface area contributed by atoms with Gasteiger partial charge in [0.25, 0.3) is 0 Å². The van der Waals surface area contributed by atoms with E-state index in [1.54, 1.807) is 0 Å². The van der Waals surface area contributed by atoms with Crippen molar-refractivity contribution >= 4 is 28.3 Å². The smallest absolute Gasteiger partial charge is 0.146 e. The molecule has 0 heterocycles. The lowest BCUT2D eigenvalue weighted by Crippen LogP contribution is -1.86. The molecule has 72 valence electrons. The number of hydrogen-bond acceptors (Lipinski definition) is 1. The summed E-state index contributed by atoms with van der Waals surface area (Å²) < 4.78 is 1.06. The van der Waals surface area contributed by atoms with Crippen LogP contribution in [0.4, 0.5) is 0 Å². The van der Waals surface area contributed by atoms with Gasteiger partial charge in [-0.1, -0.05) is 28.1 Å². The second-order valence-corrected chi connectivity index (χ2v) is 4.50. The summed E-state index contributed by atoms with van der Waals surface area (Å²) in [5.41, 5.74) is 2.04. The predicted octanol–water partition coefficient (Wildman–Crippen LogP) is 3.44. The first-order valence-corrected chi connectivity index (χ1v) is 5.51. The highest BCUT2D eigenvalue weighted by atomic mass is 79.9. The fourth-order valence-electron chi connectivity index (χ4n) is 1.42. The lowest BCUT2D eigenvalue weighted by molar-refractivity contribution is -0.105. The van der Waals surface area contributed by atoms with Crippen molar-refractivity contribution in [2.75, 3.05) is 0 Å². The summed E-state index contributed by atoms with van der Waals surface area (Å²) in [6, 6.07) is 7.99.